The van der Waals surface area contributed by atoms with Crippen molar-refractivity contribution in [2.45, 2.75) is 65.9 Å². The summed E-state index contributed by atoms with van der Waals surface area (Å²) >= 11 is 0. The Balaban J connectivity index is 2.77. The fourth-order valence-electron chi connectivity index (χ4n) is 2.50. The van der Waals surface area contributed by atoms with Crippen LogP contribution in [0.15, 0.2) is 0 Å². The van der Waals surface area contributed by atoms with Crippen LogP contribution >= 0.6 is 0 Å². The molecule has 1 rings (SSSR count). The molecule has 1 aliphatic rings. The van der Waals surface area contributed by atoms with Gasteiger partial charge in [-0.25, -0.2) is 0 Å². The summed E-state index contributed by atoms with van der Waals surface area (Å²) in [6.45, 7) is 10.2. The Morgan fingerprint density at radius 2 is 1.62 bits per heavy atom. The molecule has 0 aromatic carbocycles. The van der Waals surface area contributed by atoms with Crippen molar-refractivity contribution in [3.63, 3.8) is 0 Å². The van der Waals surface area contributed by atoms with Crippen molar-refractivity contribution in [3.05, 3.63) is 0 Å². The zero-order chi connectivity index (χ0) is 16.3. The summed E-state index contributed by atoms with van der Waals surface area (Å²) in [6.07, 6.45) is 1.60. The minimum absolute atomic E-state index is 0.207. The van der Waals surface area contributed by atoms with Crippen LogP contribution in [0.25, 0.3) is 0 Å². The molecule has 120 valence electrons. The number of Topliss-reactive ketones (excluding diaryl/α,β-unsaturated/α-hetero) is 1. The smallest absolute Gasteiger partial charge is 0.320 e. The summed E-state index contributed by atoms with van der Waals surface area (Å²) in [7, 11) is 0. The highest BCUT2D eigenvalue weighted by molar-refractivity contribution is 6.11. The summed E-state index contributed by atoms with van der Waals surface area (Å²) in [6, 6.07) is 0. The first-order chi connectivity index (χ1) is 9.66. The second-order valence-electron chi connectivity index (χ2n) is 6.60. The van der Waals surface area contributed by atoms with E-state index in [2.05, 4.69) is 0 Å². The van der Waals surface area contributed by atoms with Crippen molar-refractivity contribution in [3.8, 4) is 0 Å². The molecule has 0 bridgehead atoms. The van der Waals surface area contributed by atoms with Gasteiger partial charge in [0.15, 0.2) is 5.78 Å². The van der Waals surface area contributed by atoms with Gasteiger partial charge in [0.05, 0.1) is 6.42 Å². The van der Waals surface area contributed by atoms with Crippen molar-refractivity contribution in [1.82, 2.24) is 4.90 Å². The lowest BCUT2D eigenvalue weighted by atomic mass is 9.65. The topological polar surface area (TPSA) is 63.7 Å². The molecule has 1 saturated carbocycles. The molecule has 0 unspecified atom stereocenters. The Hall–Kier alpha value is -1.39. The van der Waals surface area contributed by atoms with Crippen LogP contribution in [0, 0.1) is 5.41 Å². The van der Waals surface area contributed by atoms with Crippen LogP contribution in [-0.4, -0.2) is 41.3 Å². The average molecular weight is 297 g/mol. The first-order valence-corrected chi connectivity index (χ1v) is 7.71. The Bertz CT molecular complexity index is 414. The molecule has 5 nitrogen and oxygen atoms in total. The highest BCUT2D eigenvalue weighted by Crippen LogP contribution is 2.44. The quantitative estimate of drug-likeness (QED) is 0.557. The Morgan fingerprint density at radius 1 is 1.10 bits per heavy atom. The minimum atomic E-state index is -1.09. The molecule has 21 heavy (non-hydrogen) atoms. The Labute approximate surface area is 127 Å². The van der Waals surface area contributed by atoms with Crippen LogP contribution in [0.2, 0.25) is 0 Å². The van der Waals surface area contributed by atoms with Crippen molar-refractivity contribution >= 4 is 17.7 Å². The number of rotatable bonds is 6. The van der Waals surface area contributed by atoms with Gasteiger partial charge in [0.2, 0.25) is 5.91 Å². The molecule has 0 heterocycles. The molecular weight excluding hydrogens is 270 g/mol. The zero-order valence-electron chi connectivity index (χ0n) is 13.8. The maximum Gasteiger partial charge on any atom is 0.320 e. The summed E-state index contributed by atoms with van der Waals surface area (Å²) < 4.78 is 5.38. The van der Waals surface area contributed by atoms with Gasteiger partial charge in [0.1, 0.15) is 11.0 Å². The van der Waals surface area contributed by atoms with E-state index in [4.69, 9.17) is 4.74 Å². The molecule has 0 radical (unpaired) electrons. The van der Waals surface area contributed by atoms with Crippen molar-refractivity contribution < 1.29 is 19.1 Å². The van der Waals surface area contributed by atoms with Gasteiger partial charge in [0.25, 0.3) is 0 Å². The summed E-state index contributed by atoms with van der Waals surface area (Å²) in [5.74, 6) is -0.974. The standard InChI is InChI=1S/C16H27NO4/c1-6-17(7-2)13(19)11-12(18)16(9-8-10-16)14(20)21-15(3,4)5/h6-11H2,1-5H3. The van der Waals surface area contributed by atoms with Crippen molar-refractivity contribution in [2.75, 3.05) is 13.1 Å². The van der Waals surface area contributed by atoms with E-state index in [-0.39, 0.29) is 18.1 Å². The van der Waals surface area contributed by atoms with E-state index in [0.29, 0.717) is 25.9 Å². The second-order valence-corrected chi connectivity index (χ2v) is 6.60. The van der Waals surface area contributed by atoms with Gasteiger partial charge in [0, 0.05) is 13.1 Å². The third kappa shape index (κ3) is 4.05. The third-order valence-electron chi connectivity index (χ3n) is 3.96. The first kappa shape index (κ1) is 17.7. The predicted molar refractivity (Wildman–Crippen MR) is 79.7 cm³/mol. The monoisotopic (exact) mass is 297 g/mol. The van der Waals surface area contributed by atoms with Gasteiger partial charge in [-0.15, -0.1) is 0 Å². The largest absolute Gasteiger partial charge is 0.459 e. The van der Waals surface area contributed by atoms with E-state index in [9.17, 15) is 14.4 Å². The van der Waals surface area contributed by atoms with E-state index in [1.165, 1.54) is 0 Å². The summed E-state index contributed by atoms with van der Waals surface area (Å²) in [5.41, 5.74) is -1.71. The summed E-state index contributed by atoms with van der Waals surface area (Å²) in [5, 5.41) is 0. The average Bonchev–Trinajstić information content (AvgIpc) is 2.25. The number of nitrogens with zero attached hydrogens (tertiary/aromatic N) is 1. The lowest BCUT2D eigenvalue weighted by molar-refractivity contribution is -0.176. The zero-order valence-corrected chi connectivity index (χ0v) is 13.8. The molecule has 1 amide bonds. The van der Waals surface area contributed by atoms with E-state index in [1.807, 2.05) is 13.8 Å². The summed E-state index contributed by atoms with van der Waals surface area (Å²) in [4.78, 5) is 38.5. The maximum atomic E-state index is 12.5. The van der Waals surface area contributed by atoms with Gasteiger partial charge in [-0.1, -0.05) is 6.42 Å². The first-order valence-electron chi connectivity index (χ1n) is 7.71. The van der Waals surface area contributed by atoms with Crippen LogP contribution in [0.4, 0.5) is 0 Å². The minimum Gasteiger partial charge on any atom is -0.459 e. The molecule has 0 saturated heterocycles. The highest BCUT2D eigenvalue weighted by atomic mass is 16.6. The fourth-order valence-corrected chi connectivity index (χ4v) is 2.50. The van der Waals surface area contributed by atoms with E-state index in [1.54, 1.807) is 25.7 Å². The normalized spacial score (nSPS) is 16.8. The molecule has 0 aliphatic heterocycles. The van der Waals surface area contributed by atoms with Crippen molar-refractivity contribution in [2.24, 2.45) is 5.41 Å². The van der Waals surface area contributed by atoms with Gasteiger partial charge in [-0.3, -0.25) is 14.4 Å². The molecule has 0 aromatic heterocycles. The van der Waals surface area contributed by atoms with Crippen LogP contribution in [0.3, 0.4) is 0 Å². The van der Waals surface area contributed by atoms with Crippen molar-refractivity contribution in [1.29, 1.82) is 0 Å². The number of carbonyl (C=O) groups excluding carboxylic acids is 3. The molecule has 1 aliphatic carbocycles. The number of ether oxygens (including phenoxy) is 1. The number of hydrogen-bond donors (Lipinski definition) is 0. The Kier molecular flexibility index (Phi) is 5.54. The predicted octanol–water partition coefficient (Wildman–Crippen LogP) is 2.33. The molecule has 0 N–H and O–H groups in total. The number of amides is 1. The number of hydrogen-bond acceptors (Lipinski definition) is 4. The molecule has 1 fully saturated rings. The van der Waals surface area contributed by atoms with Gasteiger partial charge < -0.3 is 9.64 Å². The molecule has 0 aromatic rings. The maximum absolute atomic E-state index is 12.5. The van der Waals surface area contributed by atoms with Gasteiger partial charge in [-0.05, 0) is 47.5 Å². The number of esters is 1. The second kappa shape index (κ2) is 6.58. The van der Waals surface area contributed by atoms with E-state index in [0.717, 1.165) is 6.42 Å². The fraction of sp³-hybridized carbons (Fsp3) is 0.812. The lowest BCUT2D eigenvalue weighted by Gasteiger charge is -2.39. The number of ketones is 1. The van der Waals surface area contributed by atoms with Gasteiger partial charge >= 0.3 is 5.97 Å². The van der Waals surface area contributed by atoms with Gasteiger partial charge in [-0.2, -0.15) is 0 Å². The molecular formula is C16H27NO4. The van der Waals surface area contributed by atoms with E-state index >= 15 is 0 Å². The molecule has 5 heteroatoms. The van der Waals surface area contributed by atoms with E-state index < -0.39 is 17.0 Å². The Morgan fingerprint density at radius 3 is 1.95 bits per heavy atom. The third-order valence-corrected chi connectivity index (χ3v) is 3.96. The van der Waals surface area contributed by atoms with Crippen LogP contribution in [-0.2, 0) is 19.1 Å². The van der Waals surface area contributed by atoms with Crippen LogP contribution < -0.4 is 0 Å². The lowest BCUT2D eigenvalue weighted by Crippen LogP contribution is -2.49. The van der Waals surface area contributed by atoms with Crippen LogP contribution in [0.1, 0.15) is 60.3 Å². The highest BCUT2D eigenvalue weighted by Gasteiger charge is 2.52. The SMILES string of the molecule is CCN(CC)C(=O)CC(=O)C1(C(=O)OC(C)(C)C)CCC1. The molecule has 0 atom stereocenters. The molecule has 0 spiro atoms. The number of carbonyl (C=O) groups is 3. The van der Waals surface area contributed by atoms with Crippen LogP contribution in [0.5, 0.6) is 0 Å².